The van der Waals surface area contributed by atoms with E-state index < -0.39 is 15.8 Å². The lowest BCUT2D eigenvalue weighted by molar-refractivity contribution is 0.0698. The van der Waals surface area contributed by atoms with Gasteiger partial charge >= 0.3 is 0 Å². The van der Waals surface area contributed by atoms with Crippen molar-refractivity contribution < 1.29 is 17.6 Å². The molecular weight excluding hydrogens is 458 g/mol. The van der Waals surface area contributed by atoms with Crippen LogP contribution in [0.25, 0.3) is 0 Å². The van der Waals surface area contributed by atoms with E-state index in [-0.39, 0.29) is 23.9 Å². The summed E-state index contributed by atoms with van der Waals surface area (Å²) in [5.41, 5.74) is 0.599. The Kier molecular flexibility index (Phi) is 5.40. The van der Waals surface area contributed by atoms with Crippen LogP contribution in [-0.4, -0.2) is 49.7 Å². The molecule has 1 aliphatic rings. The van der Waals surface area contributed by atoms with E-state index >= 15 is 0 Å². The molecule has 0 unspecified atom stereocenters. The van der Waals surface area contributed by atoms with Crippen LogP contribution in [0.5, 0.6) is 0 Å². The molecular formula is C17H16FIN2O3S. The summed E-state index contributed by atoms with van der Waals surface area (Å²) < 4.78 is 40.5. The van der Waals surface area contributed by atoms with Gasteiger partial charge in [-0.25, -0.2) is 12.8 Å². The maximum Gasteiger partial charge on any atom is 0.253 e. The van der Waals surface area contributed by atoms with Crippen LogP contribution >= 0.6 is 22.6 Å². The molecule has 132 valence electrons. The fraction of sp³-hybridized carbons (Fsp3) is 0.235. The van der Waals surface area contributed by atoms with Crippen LogP contribution in [0, 0.1) is 9.39 Å². The molecule has 1 saturated heterocycles. The number of nitrogens with zero attached hydrogens (tertiary/aromatic N) is 2. The second-order valence-corrected chi connectivity index (χ2v) is 8.84. The second-order valence-electron chi connectivity index (χ2n) is 5.66. The zero-order valence-electron chi connectivity index (χ0n) is 13.2. The molecule has 8 heteroatoms. The Morgan fingerprint density at radius 2 is 1.64 bits per heavy atom. The summed E-state index contributed by atoms with van der Waals surface area (Å²) in [6.45, 7) is 1.08. The molecule has 25 heavy (non-hydrogen) atoms. The van der Waals surface area contributed by atoms with Crippen LogP contribution in [-0.2, 0) is 10.0 Å². The van der Waals surface area contributed by atoms with Gasteiger partial charge in [0, 0.05) is 35.3 Å². The van der Waals surface area contributed by atoms with Gasteiger partial charge in [-0.3, -0.25) is 4.79 Å². The number of carbonyl (C=O) groups excluding carboxylic acids is 1. The number of sulfonamides is 1. The number of piperazine rings is 1. The minimum atomic E-state index is -3.67. The topological polar surface area (TPSA) is 57.7 Å². The Labute approximate surface area is 159 Å². The minimum absolute atomic E-state index is 0.0614. The highest BCUT2D eigenvalue weighted by Crippen LogP contribution is 2.19. The van der Waals surface area contributed by atoms with Gasteiger partial charge in [0.15, 0.2) is 0 Å². The van der Waals surface area contributed by atoms with Crippen LogP contribution in [0.3, 0.4) is 0 Å². The maximum atomic E-state index is 13.0. The first-order valence-electron chi connectivity index (χ1n) is 7.68. The third kappa shape index (κ3) is 4.01. The molecule has 0 saturated carbocycles. The first kappa shape index (κ1) is 18.3. The van der Waals surface area contributed by atoms with Crippen molar-refractivity contribution in [1.29, 1.82) is 0 Å². The van der Waals surface area contributed by atoms with E-state index in [2.05, 4.69) is 22.6 Å². The van der Waals surface area contributed by atoms with Crippen LogP contribution in [0.2, 0.25) is 0 Å². The molecule has 1 aliphatic heterocycles. The molecule has 3 rings (SSSR count). The van der Waals surface area contributed by atoms with Gasteiger partial charge in [0.2, 0.25) is 10.0 Å². The monoisotopic (exact) mass is 474 g/mol. The van der Waals surface area contributed by atoms with E-state index in [4.69, 9.17) is 0 Å². The summed E-state index contributed by atoms with van der Waals surface area (Å²) >= 11 is 2.15. The van der Waals surface area contributed by atoms with E-state index in [0.717, 1.165) is 15.7 Å². The zero-order chi connectivity index (χ0) is 18.0. The Morgan fingerprint density at radius 3 is 2.24 bits per heavy atom. The van der Waals surface area contributed by atoms with Gasteiger partial charge in [0.05, 0.1) is 4.90 Å². The average Bonchev–Trinajstić information content (AvgIpc) is 2.61. The molecule has 2 aromatic carbocycles. The Balaban J connectivity index is 1.69. The number of rotatable bonds is 3. The standard InChI is InChI=1S/C17H16FIN2O3S/c18-14-4-6-16(7-5-14)25(23,24)21-10-8-20(9-11-21)17(22)13-2-1-3-15(19)12-13/h1-7,12H,8-11H2. The fourth-order valence-electron chi connectivity index (χ4n) is 2.69. The van der Waals surface area contributed by atoms with Crippen LogP contribution < -0.4 is 0 Å². The number of hydrogen-bond donors (Lipinski definition) is 0. The third-order valence-corrected chi connectivity index (χ3v) is 6.63. The number of carbonyl (C=O) groups is 1. The first-order valence-corrected chi connectivity index (χ1v) is 10.2. The Bertz CT molecular complexity index is 879. The molecule has 0 radical (unpaired) electrons. The van der Waals surface area contributed by atoms with Crippen molar-refractivity contribution in [2.24, 2.45) is 0 Å². The molecule has 1 heterocycles. The highest BCUT2D eigenvalue weighted by atomic mass is 127. The molecule has 0 aromatic heterocycles. The molecule has 1 amide bonds. The van der Waals surface area contributed by atoms with Crippen LogP contribution in [0.1, 0.15) is 10.4 Å². The summed E-state index contributed by atoms with van der Waals surface area (Å²) in [5, 5.41) is 0. The smallest absolute Gasteiger partial charge is 0.253 e. The molecule has 0 N–H and O–H groups in total. The van der Waals surface area contributed by atoms with Crippen LogP contribution in [0.4, 0.5) is 4.39 Å². The van der Waals surface area contributed by atoms with E-state index in [1.807, 2.05) is 18.2 Å². The molecule has 0 aliphatic carbocycles. The highest BCUT2D eigenvalue weighted by molar-refractivity contribution is 14.1. The molecule has 2 aromatic rings. The lowest BCUT2D eigenvalue weighted by Gasteiger charge is -2.34. The summed E-state index contributed by atoms with van der Waals surface area (Å²) in [5.74, 6) is -0.579. The lowest BCUT2D eigenvalue weighted by Crippen LogP contribution is -2.50. The number of benzene rings is 2. The quantitative estimate of drug-likeness (QED) is 0.643. The molecule has 1 fully saturated rings. The minimum Gasteiger partial charge on any atom is -0.336 e. The second kappa shape index (κ2) is 7.38. The van der Waals surface area contributed by atoms with Gasteiger partial charge in [-0.15, -0.1) is 0 Å². The predicted molar refractivity (Wildman–Crippen MR) is 100 cm³/mol. The molecule has 0 spiro atoms. The summed E-state index contributed by atoms with van der Waals surface area (Å²) in [4.78, 5) is 14.2. The highest BCUT2D eigenvalue weighted by Gasteiger charge is 2.30. The lowest BCUT2D eigenvalue weighted by atomic mass is 10.2. The fourth-order valence-corrected chi connectivity index (χ4v) is 4.66. The van der Waals surface area contributed by atoms with Gasteiger partial charge in [-0.2, -0.15) is 4.31 Å². The van der Waals surface area contributed by atoms with E-state index in [0.29, 0.717) is 18.7 Å². The van der Waals surface area contributed by atoms with Gasteiger partial charge in [-0.1, -0.05) is 6.07 Å². The van der Waals surface area contributed by atoms with Gasteiger partial charge in [0.25, 0.3) is 5.91 Å². The van der Waals surface area contributed by atoms with Crippen molar-refractivity contribution in [2.75, 3.05) is 26.2 Å². The maximum absolute atomic E-state index is 13.0. The number of halogens is 2. The molecule has 5 nitrogen and oxygen atoms in total. The van der Waals surface area contributed by atoms with Crippen molar-refractivity contribution in [3.63, 3.8) is 0 Å². The number of hydrogen-bond acceptors (Lipinski definition) is 3. The van der Waals surface area contributed by atoms with Crippen molar-refractivity contribution in [3.8, 4) is 0 Å². The van der Waals surface area contributed by atoms with Gasteiger partial charge in [-0.05, 0) is 65.1 Å². The summed E-state index contributed by atoms with van der Waals surface area (Å²) in [6, 6.07) is 12.1. The zero-order valence-corrected chi connectivity index (χ0v) is 16.2. The summed E-state index contributed by atoms with van der Waals surface area (Å²) in [6.07, 6.45) is 0. The van der Waals surface area contributed by atoms with Gasteiger partial charge in [0.1, 0.15) is 5.82 Å². The normalized spacial score (nSPS) is 16.0. The largest absolute Gasteiger partial charge is 0.336 e. The van der Waals surface area contributed by atoms with Crippen LogP contribution in [0.15, 0.2) is 53.4 Å². The van der Waals surface area contributed by atoms with E-state index in [1.165, 1.54) is 16.4 Å². The average molecular weight is 474 g/mol. The molecule has 0 bridgehead atoms. The van der Waals surface area contributed by atoms with Crippen molar-refractivity contribution in [2.45, 2.75) is 4.90 Å². The van der Waals surface area contributed by atoms with E-state index in [9.17, 15) is 17.6 Å². The Hall–Kier alpha value is -1.52. The Morgan fingerprint density at radius 1 is 1.00 bits per heavy atom. The SMILES string of the molecule is O=C(c1cccc(I)c1)N1CCN(S(=O)(=O)c2ccc(F)cc2)CC1. The number of amides is 1. The van der Waals surface area contributed by atoms with Crippen molar-refractivity contribution in [3.05, 3.63) is 63.5 Å². The van der Waals surface area contributed by atoms with Gasteiger partial charge < -0.3 is 4.90 Å². The molecule has 0 atom stereocenters. The third-order valence-electron chi connectivity index (χ3n) is 4.05. The predicted octanol–water partition coefficient (Wildman–Crippen LogP) is 2.58. The summed E-state index contributed by atoms with van der Waals surface area (Å²) in [7, 11) is -3.67. The van der Waals surface area contributed by atoms with Crippen molar-refractivity contribution >= 4 is 38.5 Å². The van der Waals surface area contributed by atoms with E-state index in [1.54, 1.807) is 11.0 Å². The van der Waals surface area contributed by atoms with Crippen molar-refractivity contribution in [1.82, 2.24) is 9.21 Å². The first-order chi connectivity index (χ1) is 11.9.